The fourth-order valence-corrected chi connectivity index (χ4v) is 9.43. The van der Waals surface area contributed by atoms with E-state index in [-0.39, 0.29) is 26.0 Å². The summed E-state index contributed by atoms with van der Waals surface area (Å²) in [7, 11) is -0.628. The predicted molar refractivity (Wildman–Crippen MR) is 212 cm³/mol. The number of pyridine rings is 1. The zero-order valence-corrected chi connectivity index (χ0v) is 33.3. The molecule has 57 heavy (non-hydrogen) atoms. The molecule has 4 amide bonds. The maximum absolute atomic E-state index is 14.9. The molecule has 3 aromatic rings. The van der Waals surface area contributed by atoms with Gasteiger partial charge in [0, 0.05) is 51.1 Å². The lowest BCUT2D eigenvalue weighted by atomic mass is 10.00. The monoisotopic (exact) mass is 800 g/mol. The average molecular weight is 801 g/mol. The van der Waals surface area contributed by atoms with Gasteiger partial charge in [-0.25, -0.2) is 17.9 Å². The molecule has 2 N–H and O–H groups in total. The number of aromatic nitrogens is 3. The Morgan fingerprint density at radius 2 is 1.86 bits per heavy atom. The van der Waals surface area contributed by atoms with Gasteiger partial charge in [0.1, 0.15) is 24.2 Å². The van der Waals surface area contributed by atoms with Crippen molar-refractivity contribution in [3.8, 4) is 11.1 Å². The lowest BCUT2D eigenvalue weighted by molar-refractivity contribution is -0.144. The minimum Gasteiger partial charge on any atom is -0.445 e. The molecule has 1 aromatic carbocycles. The summed E-state index contributed by atoms with van der Waals surface area (Å²) in [6.07, 6.45) is 9.09. The summed E-state index contributed by atoms with van der Waals surface area (Å²) in [5.41, 5.74) is 0.214. The van der Waals surface area contributed by atoms with Crippen molar-refractivity contribution in [3.63, 3.8) is 0 Å². The van der Waals surface area contributed by atoms with Crippen LogP contribution in [-0.2, 0) is 29.1 Å². The largest absolute Gasteiger partial charge is 0.445 e. The van der Waals surface area contributed by atoms with E-state index in [9.17, 15) is 32.4 Å². The van der Waals surface area contributed by atoms with Crippen molar-refractivity contribution < 1.29 is 32.3 Å². The van der Waals surface area contributed by atoms with Crippen molar-refractivity contribution >= 4 is 50.4 Å². The summed E-state index contributed by atoms with van der Waals surface area (Å²) in [5, 5.41) is 7.53. The highest BCUT2D eigenvalue weighted by molar-refractivity contribution is 7.91. The molecule has 0 radical (unpaired) electrons. The second-order valence-corrected chi connectivity index (χ2v) is 17.6. The van der Waals surface area contributed by atoms with E-state index in [4.69, 9.17) is 4.74 Å². The van der Waals surface area contributed by atoms with Crippen LogP contribution in [0.4, 0.5) is 10.5 Å². The minimum atomic E-state index is -3.94. The van der Waals surface area contributed by atoms with E-state index >= 15 is 0 Å². The van der Waals surface area contributed by atoms with Gasteiger partial charge in [0.15, 0.2) is 0 Å². The molecule has 2 aliphatic carbocycles. The van der Waals surface area contributed by atoms with E-state index in [1.54, 1.807) is 38.4 Å². The van der Waals surface area contributed by atoms with Crippen LogP contribution < -0.4 is 20.5 Å². The topological polar surface area (TPSA) is 193 Å². The SMILES string of the molecule is C=CC1CC1(NC(=O)[C@@H]1C[C@@H]2CN1C(=O)[C@H](C(C)C)N(C)C(=O)OC/C=C/CCN(C)c1cnn2c(=O)c1-c1cccc2ncccc12)C(=O)NS(=O)(=O)C1CC1. The van der Waals surface area contributed by atoms with Gasteiger partial charge in [-0.2, -0.15) is 5.10 Å². The van der Waals surface area contributed by atoms with E-state index in [1.807, 2.05) is 42.3 Å². The van der Waals surface area contributed by atoms with Crippen LogP contribution in [-0.4, -0.2) is 113 Å². The van der Waals surface area contributed by atoms with E-state index < -0.39 is 80.1 Å². The summed E-state index contributed by atoms with van der Waals surface area (Å²) >= 11 is 0. The summed E-state index contributed by atoms with van der Waals surface area (Å²) < 4.78 is 34.5. The van der Waals surface area contributed by atoms with Crippen LogP contribution in [0.15, 0.2) is 72.3 Å². The lowest BCUT2D eigenvalue weighted by Crippen LogP contribution is -2.59. The van der Waals surface area contributed by atoms with E-state index in [1.165, 1.54) is 27.6 Å². The predicted octanol–water partition coefficient (Wildman–Crippen LogP) is 2.76. The Kier molecular flexibility index (Phi) is 10.7. The van der Waals surface area contributed by atoms with Gasteiger partial charge in [-0.15, -0.1) is 6.58 Å². The van der Waals surface area contributed by atoms with Crippen molar-refractivity contribution in [2.45, 2.75) is 74.9 Å². The number of benzene rings is 1. The number of rotatable bonds is 8. The van der Waals surface area contributed by atoms with Gasteiger partial charge < -0.3 is 19.9 Å². The number of nitrogens with one attached hydrogen (secondary N) is 2. The van der Waals surface area contributed by atoms with Crippen LogP contribution in [0.1, 0.15) is 52.0 Å². The van der Waals surface area contributed by atoms with Crippen molar-refractivity contribution in [1.82, 2.24) is 34.6 Å². The molecular formula is C40H48N8O8S. The van der Waals surface area contributed by atoms with Crippen LogP contribution in [0, 0.1) is 11.8 Å². The molecule has 0 spiro atoms. The molecule has 3 fully saturated rings. The van der Waals surface area contributed by atoms with Crippen LogP contribution in [0.3, 0.4) is 0 Å². The summed E-state index contributed by atoms with van der Waals surface area (Å²) in [6, 6.07) is 6.11. The molecular weight excluding hydrogens is 753 g/mol. The lowest BCUT2D eigenvalue weighted by Gasteiger charge is -2.35. The number of amides is 4. The number of nitrogens with zero attached hydrogens (tertiary/aromatic N) is 6. The van der Waals surface area contributed by atoms with Crippen LogP contribution in [0.25, 0.3) is 22.0 Å². The molecule has 5 aliphatic rings. The number of fused-ring (bicyclic) bond motifs is 12. The Labute approximate surface area is 331 Å². The Balaban J connectivity index is 1.32. The van der Waals surface area contributed by atoms with Crippen LogP contribution in [0.2, 0.25) is 0 Å². The van der Waals surface area contributed by atoms with Gasteiger partial charge in [-0.3, -0.25) is 33.8 Å². The number of anilines is 1. The van der Waals surface area contributed by atoms with E-state index in [0.29, 0.717) is 48.1 Å². The molecule has 4 bridgehead atoms. The Morgan fingerprint density at radius 1 is 1.09 bits per heavy atom. The highest BCUT2D eigenvalue weighted by Crippen LogP contribution is 2.46. The molecule has 5 heterocycles. The number of hydrogen-bond acceptors (Lipinski definition) is 11. The summed E-state index contributed by atoms with van der Waals surface area (Å²) in [4.78, 5) is 80.0. The Morgan fingerprint density at radius 3 is 2.56 bits per heavy atom. The summed E-state index contributed by atoms with van der Waals surface area (Å²) in [5.74, 6) is -3.16. The van der Waals surface area contributed by atoms with Gasteiger partial charge in [-0.05, 0) is 49.3 Å². The van der Waals surface area contributed by atoms with Gasteiger partial charge in [0.05, 0.1) is 34.3 Å². The zero-order chi connectivity index (χ0) is 40.8. The Bertz CT molecular complexity index is 2320. The minimum absolute atomic E-state index is 0.0420. The summed E-state index contributed by atoms with van der Waals surface area (Å²) in [6.45, 7) is 7.64. The first-order valence-electron chi connectivity index (χ1n) is 19.2. The van der Waals surface area contributed by atoms with Crippen molar-refractivity contribution in [2.24, 2.45) is 11.8 Å². The number of hydrogen-bond donors (Lipinski definition) is 2. The van der Waals surface area contributed by atoms with Gasteiger partial charge in [0.25, 0.3) is 11.5 Å². The first-order chi connectivity index (χ1) is 27.2. The first-order valence-corrected chi connectivity index (χ1v) is 20.8. The van der Waals surface area contributed by atoms with Crippen molar-refractivity contribution in [2.75, 3.05) is 38.7 Å². The fourth-order valence-electron chi connectivity index (χ4n) is 8.06. The van der Waals surface area contributed by atoms with Gasteiger partial charge >= 0.3 is 6.09 Å². The van der Waals surface area contributed by atoms with Crippen molar-refractivity contribution in [1.29, 1.82) is 0 Å². The maximum atomic E-state index is 14.9. The second kappa shape index (κ2) is 15.4. The molecule has 2 saturated carbocycles. The third-order valence-corrected chi connectivity index (χ3v) is 13.3. The molecule has 3 aliphatic heterocycles. The van der Waals surface area contributed by atoms with Gasteiger partial charge in [-0.1, -0.05) is 50.3 Å². The Hall–Kier alpha value is -5.58. The number of ether oxygens (including phenoxy) is 1. The maximum Gasteiger partial charge on any atom is 0.410 e. The van der Waals surface area contributed by atoms with Crippen LogP contribution in [0.5, 0.6) is 0 Å². The molecule has 2 aromatic heterocycles. The second-order valence-electron chi connectivity index (χ2n) is 15.7. The molecule has 5 atom stereocenters. The molecule has 16 nitrogen and oxygen atoms in total. The quantitative estimate of drug-likeness (QED) is 0.319. The number of carbonyl (C=O) groups is 4. The number of likely N-dealkylation sites (N-methyl/N-ethyl adjacent to an activating group) is 1. The molecule has 2 unspecified atom stereocenters. The molecule has 17 heteroatoms. The van der Waals surface area contributed by atoms with E-state index in [0.717, 1.165) is 5.39 Å². The molecule has 1 saturated heterocycles. The number of sulfonamides is 1. The molecule has 302 valence electrons. The highest BCUT2D eigenvalue weighted by Gasteiger charge is 2.62. The fraction of sp³-hybridized carbons (Fsp3) is 0.475. The average Bonchev–Trinajstić information content (AvgIpc) is 4.11. The normalized spacial score (nSPS) is 26.2. The van der Waals surface area contributed by atoms with Gasteiger partial charge in [0.2, 0.25) is 21.8 Å². The standard InChI is InChI=1S/C40H48N8O8S/c1-6-25-21-40(25,38(52)44-57(54,55)27-15-16-27)43-35(49)31-20-26-23-47(31)37(51)34(24(2)3)46(5)39(53)56-19-9-7-8-18-45(4)32-22-42-48(26)36(50)33(32)29-12-10-14-30-28(29)13-11-17-41-30/h6-7,9-14,17,22,24-27,31,34H,1,8,15-16,18-21,23H2,2-5H3,(H,43,49)(H,44,52)/b9-7+/t25?,26-,31+,34+,40?/m1/s1. The zero-order valence-electron chi connectivity index (χ0n) is 32.5. The molecule has 8 rings (SSSR count). The highest BCUT2D eigenvalue weighted by atomic mass is 32.2. The third-order valence-electron chi connectivity index (χ3n) is 11.5. The smallest absolute Gasteiger partial charge is 0.410 e. The number of carbonyl (C=O) groups excluding carboxylic acids is 4. The third kappa shape index (κ3) is 7.51. The van der Waals surface area contributed by atoms with E-state index in [2.05, 4.69) is 26.7 Å². The van der Waals surface area contributed by atoms with Crippen molar-refractivity contribution in [3.05, 3.63) is 77.9 Å². The van der Waals surface area contributed by atoms with Crippen LogP contribution >= 0.6 is 0 Å². The first kappa shape index (κ1) is 39.6.